The van der Waals surface area contributed by atoms with E-state index in [1.165, 1.54) is 0 Å². The number of anilines is 1. The van der Waals surface area contributed by atoms with Crippen LogP contribution in [0.4, 0.5) is 5.82 Å². The Bertz CT molecular complexity index is 348. The molecule has 7 heteroatoms. The molecule has 0 aliphatic heterocycles. The Kier molecular flexibility index (Phi) is 5.61. The van der Waals surface area contributed by atoms with Crippen molar-refractivity contribution in [1.29, 1.82) is 0 Å². The van der Waals surface area contributed by atoms with Crippen molar-refractivity contribution in [3.05, 3.63) is 11.9 Å². The lowest BCUT2D eigenvalue weighted by molar-refractivity contribution is 0.0881. The van der Waals surface area contributed by atoms with Gasteiger partial charge in [0, 0.05) is 20.3 Å². The van der Waals surface area contributed by atoms with Gasteiger partial charge < -0.3 is 19.6 Å². The highest BCUT2D eigenvalue weighted by molar-refractivity contribution is 5.36. The number of methoxy groups -OCH3 is 2. The lowest BCUT2D eigenvalue weighted by Crippen LogP contribution is -2.19. The second kappa shape index (κ2) is 7.00. The Morgan fingerprint density at radius 3 is 2.71 bits per heavy atom. The van der Waals surface area contributed by atoms with Crippen LogP contribution in [0.15, 0.2) is 6.07 Å². The van der Waals surface area contributed by atoms with Gasteiger partial charge in [-0.15, -0.1) is 0 Å². The van der Waals surface area contributed by atoms with E-state index < -0.39 is 0 Å². The number of rotatable bonds is 7. The third-order valence-electron chi connectivity index (χ3n) is 1.89. The maximum absolute atomic E-state index is 5.56. The number of hydrogen-bond donors (Lipinski definition) is 2. The van der Waals surface area contributed by atoms with Gasteiger partial charge in [-0.2, -0.15) is 4.98 Å². The third kappa shape index (κ3) is 4.51. The zero-order chi connectivity index (χ0) is 12.7. The predicted octanol–water partition coefficient (Wildman–Crippen LogP) is 0.322. The second-order valence-corrected chi connectivity index (χ2v) is 3.47. The summed E-state index contributed by atoms with van der Waals surface area (Å²) in [4.78, 5) is 8.30. The molecule has 0 saturated heterocycles. The minimum atomic E-state index is -0.101. The molecule has 0 bridgehead atoms. The number of nitrogens with zero attached hydrogens (tertiary/aromatic N) is 2. The van der Waals surface area contributed by atoms with Crippen LogP contribution < -0.4 is 16.0 Å². The standard InChI is InChI=1S/C10H18N4O3/c1-7(5-15-2)17-10-4-8(14-11)12-9(13-10)6-16-3/h4,7H,5-6,11H2,1-3H3,(H,12,13,14). The van der Waals surface area contributed by atoms with Gasteiger partial charge in [0.2, 0.25) is 5.88 Å². The van der Waals surface area contributed by atoms with Crippen molar-refractivity contribution < 1.29 is 14.2 Å². The van der Waals surface area contributed by atoms with Gasteiger partial charge in [0.25, 0.3) is 0 Å². The van der Waals surface area contributed by atoms with Crippen molar-refractivity contribution in [3.63, 3.8) is 0 Å². The monoisotopic (exact) mass is 242 g/mol. The molecule has 0 saturated carbocycles. The van der Waals surface area contributed by atoms with Crippen molar-refractivity contribution in [2.24, 2.45) is 5.84 Å². The zero-order valence-electron chi connectivity index (χ0n) is 10.3. The van der Waals surface area contributed by atoms with E-state index in [4.69, 9.17) is 20.1 Å². The van der Waals surface area contributed by atoms with Crippen LogP contribution in [0.25, 0.3) is 0 Å². The van der Waals surface area contributed by atoms with Crippen molar-refractivity contribution in [1.82, 2.24) is 9.97 Å². The largest absolute Gasteiger partial charge is 0.472 e. The summed E-state index contributed by atoms with van der Waals surface area (Å²) in [6.45, 7) is 2.66. The number of nitrogens with one attached hydrogen (secondary N) is 1. The van der Waals surface area contributed by atoms with Gasteiger partial charge in [0.05, 0.1) is 6.61 Å². The lowest BCUT2D eigenvalue weighted by atomic mass is 10.4. The van der Waals surface area contributed by atoms with E-state index in [9.17, 15) is 0 Å². The molecule has 7 nitrogen and oxygen atoms in total. The Morgan fingerprint density at radius 1 is 1.35 bits per heavy atom. The summed E-state index contributed by atoms with van der Waals surface area (Å²) in [5.74, 6) is 6.73. The summed E-state index contributed by atoms with van der Waals surface area (Å²) in [6.07, 6.45) is -0.101. The summed E-state index contributed by atoms with van der Waals surface area (Å²) >= 11 is 0. The van der Waals surface area contributed by atoms with E-state index in [1.54, 1.807) is 20.3 Å². The molecule has 1 heterocycles. The van der Waals surface area contributed by atoms with Crippen molar-refractivity contribution >= 4 is 5.82 Å². The first-order valence-corrected chi connectivity index (χ1v) is 5.18. The van der Waals surface area contributed by atoms with Gasteiger partial charge in [0.1, 0.15) is 18.5 Å². The zero-order valence-corrected chi connectivity index (χ0v) is 10.3. The maximum Gasteiger partial charge on any atom is 0.219 e. The van der Waals surface area contributed by atoms with Crippen LogP contribution in [-0.2, 0) is 16.1 Å². The molecule has 0 aliphatic rings. The molecule has 0 aromatic carbocycles. The fourth-order valence-corrected chi connectivity index (χ4v) is 1.28. The Morgan fingerprint density at radius 2 is 2.12 bits per heavy atom. The molecular formula is C10H18N4O3. The van der Waals surface area contributed by atoms with Gasteiger partial charge >= 0.3 is 0 Å². The molecule has 1 aromatic heterocycles. The molecule has 0 spiro atoms. The fraction of sp³-hybridized carbons (Fsp3) is 0.600. The summed E-state index contributed by atoms with van der Waals surface area (Å²) in [7, 11) is 3.18. The Hall–Kier alpha value is -1.44. The van der Waals surface area contributed by atoms with Crippen LogP contribution in [0.2, 0.25) is 0 Å². The Balaban J connectivity index is 2.79. The molecule has 0 fully saturated rings. The van der Waals surface area contributed by atoms with Gasteiger partial charge in [-0.3, -0.25) is 0 Å². The molecule has 17 heavy (non-hydrogen) atoms. The molecule has 0 aliphatic carbocycles. The van der Waals surface area contributed by atoms with Gasteiger partial charge in [-0.25, -0.2) is 10.8 Å². The highest BCUT2D eigenvalue weighted by Gasteiger charge is 2.08. The first kappa shape index (κ1) is 13.6. The average Bonchev–Trinajstić information content (AvgIpc) is 2.29. The first-order chi connectivity index (χ1) is 8.19. The smallest absolute Gasteiger partial charge is 0.219 e. The van der Waals surface area contributed by atoms with Gasteiger partial charge in [0.15, 0.2) is 5.82 Å². The minimum absolute atomic E-state index is 0.101. The number of hydrogen-bond acceptors (Lipinski definition) is 7. The van der Waals surface area contributed by atoms with E-state index in [1.807, 2.05) is 6.92 Å². The van der Waals surface area contributed by atoms with E-state index in [0.29, 0.717) is 30.7 Å². The highest BCUT2D eigenvalue weighted by Crippen LogP contribution is 2.14. The van der Waals surface area contributed by atoms with E-state index in [-0.39, 0.29) is 6.10 Å². The van der Waals surface area contributed by atoms with Crippen LogP contribution >= 0.6 is 0 Å². The molecule has 0 radical (unpaired) electrons. The Labute approximate surface area is 100 Å². The number of ether oxygens (including phenoxy) is 3. The average molecular weight is 242 g/mol. The van der Waals surface area contributed by atoms with E-state index in [0.717, 1.165) is 0 Å². The second-order valence-electron chi connectivity index (χ2n) is 3.47. The number of nitrogens with two attached hydrogens (primary N) is 1. The van der Waals surface area contributed by atoms with Crippen LogP contribution in [0.5, 0.6) is 5.88 Å². The molecule has 1 rings (SSSR count). The van der Waals surface area contributed by atoms with Crippen LogP contribution in [0.3, 0.4) is 0 Å². The summed E-state index contributed by atoms with van der Waals surface area (Å²) in [5.41, 5.74) is 2.45. The van der Waals surface area contributed by atoms with Crippen molar-refractivity contribution in [2.75, 3.05) is 26.3 Å². The van der Waals surface area contributed by atoms with Crippen molar-refractivity contribution in [3.8, 4) is 5.88 Å². The summed E-state index contributed by atoms with van der Waals surface area (Å²) in [5, 5.41) is 0. The molecule has 1 unspecified atom stereocenters. The minimum Gasteiger partial charge on any atom is -0.472 e. The third-order valence-corrected chi connectivity index (χ3v) is 1.89. The van der Waals surface area contributed by atoms with E-state index in [2.05, 4.69) is 15.4 Å². The number of aromatic nitrogens is 2. The number of hydrazine groups is 1. The summed E-state index contributed by atoms with van der Waals surface area (Å²) < 4.78 is 15.5. The number of nitrogen functional groups attached to an aromatic ring is 1. The van der Waals surface area contributed by atoms with Gasteiger partial charge in [-0.1, -0.05) is 0 Å². The van der Waals surface area contributed by atoms with Crippen LogP contribution in [0.1, 0.15) is 12.7 Å². The molecular weight excluding hydrogens is 224 g/mol. The SMILES string of the molecule is COCc1nc(NN)cc(OC(C)COC)n1. The van der Waals surface area contributed by atoms with Crippen LogP contribution in [0, 0.1) is 0 Å². The molecule has 1 aromatic rings. The lowest BCUT2D eigenvalue weighted by Gasteiger charge is -2.14. The fourth-order valence-electron chi connectivity index (χ4n) is 1.28. The topological polar surface area (TPSA) is 91.5 Å². The van der Waals surface area contributed by atoms with Crippen LogP contribution in [-0.4, -0.2) is 36.9 Å². The van der Waals surface area contributed by atoms with Gasteiger partial charge in [-0.05, 0) is 6.92 Å². The molecule has 96 valence electrons. The van der Waals surface area contributed by atoms with Crippen molar-refractivity contribution in [2.45, 2.75) is 19.6 Å². The molecule has 1 atom stereocenters. The normalized spacial score (nSPS) is 12.2. The summed E-state index contributed by atoms with van der Waals surface area (Å²) in [6, 6.07) is 1.62. The first-order valence-electron chi connectivity index (χ1n) is 5.18. The quantitative estimate of drug-likeness (QED) is 0.525. The predicted molar refractivity (Wildman–Crippen MR) is 62.5 cm³/mol. The molecule has 3 N–H and O–H groups in total. The van der Waals surface area contributed by atoms with E-state index >= 15 is 0 Å². The molecule has 0 amide bonds. The highest BCUT2D eigenvalue weighted by atomic mass is 16.5. The maximum atomic E-state index is 5.56.